The highest BCUT2D eigenvalue weighted by Gasteiger charge is 2.08. The third-order valence-corrected chi connectivity index (χ3v) is 2.82. The highest BCUT2D eigenvalue weighted by molar-refractivity contribution is 5.41. The molecule has 0 spiro atoms. The Morgan fingerprint density at radius 3 is 2.53 bits per heavy atom. The molecule has 0 saturated heterocycles. The number of nitrogens with two attached hydrogens (primary N) is 1. The summed E-state index contributed by atoms with van der Waals surface area (Å²) < 4.78 is 16.1. The van der Waals surface area contributed by atoms with E-state index in [1.54, 1.807) is 14.2 Å². The van der Waals surface area contributed by atoms with Gasteiger partial charge >= 0.3 is 0 Å². The second kappa shape index (κ2) is 8.77. The number of hydrogen-bond donors (Lipinski definition) is 1. The van der Waals surface area contributed by atoms with Crippen molar-refractivity contribution in [2.45, 2.75) is 32.2 Å². The van der Waals surface area contributed by atoms with E-state index in [1.807, 2.05) is 25.1 Å². The Morgan fingerprint density at radius 1 is 1.16 bits per heavy atom. The summed E-state index contributed by atoms with van der Waals surface area (Å²) in [5.41, 5.74) is 6.98. The van der Waals surface area contributed by atoms with Gasteiger partial charge in [0.15, 0.2) is 0 Å². The van der Waals surface area contributed by atoms with Crippen LogP contribution in [0.15, 0.2) is 18.2 Å². The first-order chi connectivity index (χ1) is 9.17. The van der Waals surface area contributed by atoms with Gasteiger partial charge in [-0.25, -0.2) is 0 Å². The Labute approximate surface area is 115 Å². The van der Waals surface area contributed by atoms with Gasteiger partial charge in [0.25, 0.3) is 0 Å². The molecule has 0 aliphatic carbocycles. The van der Waals surface area contributed by atoms with Gasteiger partial charge in [0, 0.05) is 25.8 Å². The van der Waals surface area contributed by atoms with Crippen LogP contribution >= 0.6 is 0 Å². The predicted octanol–water partition coefficient (Wildman–Crippen LogP) is 2.39. The lowest BCUT2D eigenvalue weighted by atomic mass is 10.1. The maximum absolute atomic E-state index is 5.85. The van der Waals surface area contributed by atoms with Crippen molar-refractivity contribution >= 4 is 0 Å². The van der Waals surface area contributed by atoms with Crippen LogP contribution in [0, 0.1) is 0 Å². The van der Waals surface area contributed by atoms with E-state index < -0.39 is 0 Å². The first kappa shape index (κ1) is 15.8. The minimum atomic E-state index is 0.115. The molecule has 0 amide bonds. The molecular formula is C15H25NO3. The second-order valence-corrected chi connectivity index (χ2v) is 4.70. The van der Waals surface area contributed by atoms with Crippen molar-refractivity contribution in [2.24, 2.45) is 5.73 Å². The van der Waals surface area contributed by atoms with E-state index in [0.717, 1.165) is 42.9 Å². The molecule has 0 saturated carbocycles. The summed E-state index contributed by atoms with van der Waals surface area (Å²) in [6.45, 7) is 3.45. The Morgan fingerprint density at radius 2 is 1.89 bits per heavy atom. The van der Waals surface area contributed by atoms with Crippen LogP contribution in [0.3, 0.4) is 0 Å². The number of hydrogen-bond acceptors (Lipinski definition) is 4. The summed E-state index contributed by atoms with van der Waals surface area (Å²) in [5.74, 6) is 1.68. The molecule has 2 N–H and O–H groups in total. The van der Waals surface area contributed by atoms with Gasteiger partial charge in [-0.2, -0.15) is 0 Å². The summed E-state index contributed by atoms with van der Waals surface area (Å²) >= 11 is 0. The third kappa shape index (κ3) is 5.94. The lowest BCUT2D eigenvalue weighted by Crippen LogP contribution is -2.18. The summed E-state index contributed by atoms with van der Waals surface area (Å²) in [6, 6.07) is 6.00. The highest BCUT2D eigenvalue weighted by Crippen LogP contribution is 2.26. The van der Waals surface area contributed by atoms with E-state index in [4.69, 9.17) is 19.9 Å². The lowest BCUT2D eigenvalue weighted by molar-refractivity contribution is 0.184. The van der Waals surface area contributed by atoms with Crippen molar-refractivity contribution in [2.75, 3.05) is 27.4 Å². The number of unbranched alkanes of at least 4 members (excludes halogenated alkanes) is 1. The van der Waals surface area contributed by atoms with Gasteiger partial charge in [0.1, 0.15) is 11.5 Å². The number of ether oxygens (including phenoxy) is 3. The normalized spacial score (nSPS) is 12.2. The van der Waals surface area contributed by atoms with Gasteiger partial charge < -0.3 is 19.9 Å². The van der Waals surface area contributed by atoms with Crippen LogP contribution in [0.1, 0.15) is 25.3 Å². The third-order valence-electron chi connectivity index (χ3n) is 2.82. The first-order valence-electron chi connectivity index (χ1n) is 6.71. The number of benzene rings is 1. The molecule has 4 heteroatoms. The molecule has 0 radical (unpaired) electrons. The van der Waals surface area contributed by atoms with Crippen molar-refractivity contribution in [1.29, 1.82) is 0 Å². The molecule has 0 heterocycles. The van der Waals surface area contributed by atoms with Gasteiger partial charge in [-0.15, -0.1) is 0 Å². The average molecular weight is 267 g/mol. The van der Waals surface area contributed by atoms with E-state index in [9.17, 15) is 0 Å². The van der Waals surface area contributed by atoms with Crippen molar-refractivity contribution in [1.82, 2.24) is 0 Å². The number of methoxy groups -OCH3 is 2. The van der Waals surface area contributed by atoms with Gasteiger partial charge in [0.05, 0.1) is 13.7 Å². The first-order valence-corrected chi connectivity index (χ1v) is 6.71. The fourth-order valence-corrected chi connectivity index (χ4v) is 1.84. The van der Waals surface area contributed by atoms with Crippen LogP contribution in [0.2, 0.25) is 0 Å². The van der Waals surface area contributed by atoms with Crippen LogP contribution in [0.4, 0.5) is 0 Å². The zero-order chi connectivity index (χ0) is 14.1. The van der Waals surface area contributed by atoms with E-state index in [0.29, 0.717) is 6.61 Å². The quantitative estimate of drug-likeness (QED) is 0.698. The number of rotatable bonds is 9. The van der Waals surface area contributed by atoms with Crippen LogP contribution in [0.25, 0.3) is 0 Å². The predicted molar refractivity (Wildman–Crippen MR) is 77.0 cm³/mol. The van der Waals surface area contributed by atoms with Crippen LogP contribution < -0.4 is 15.2 Å². The van der Waals surface area contributed by atoms with Gasteiger partial charge in [0.2, 0.25) is 0 Å². The molecule has 0 aliphatic heterocycles. The zero-order valence-corrected chi connectivity index (χ0v) is 12.1. The Hall–Kier alpha value is -1.26. The molecule has 0 aromatic heterocycles. The summed E-state index contributed by atoms with van der Waals surface area (Å²) in [6.07, 6.45) is 2.78. The topological polar surface area (TPSA) is 53.7 Å². The van der Waals surface area contributed by atoms with E-state index in [-0.39, 0.29) is 6.04 Å². The SMILES string of the molecule is COCCCCOc1cc(OC)ccc1CC(C)N. The van der Waals surface area contributed by atoms with Crippen LogP contribution in [-0.2, 0) is 11.2 Å². The van der Waals surface area contributed by atoms with Crippen molar-refractivity contribution in [3.05, 3.63) is 23.8 Å². The Bertz CT molecular complexity index is 366. The molecule has 1 aromatic rings. The van der Waals surface area contributed by atoms with Gasteiger partial charge in [-0.3, -0.25) is 0 Å². The zero-order valence-electron chi connectivity index (χ0n) is 12.1. The van der Waals surface area contributed by atoms with Crippen molar-refractivity contribution < 1.29 is 14.2 Å². The fourth-order valence-electron chi connectivity index (χ4n) is 1.84. The molecule has 1 unspecified atom stereocenters. The van der Waals surface area contributed by atoms with E-state index in [2.05, 4.69) is 0 Å². The van der Waals surface area contributed by atoms with Gasteiger partial charge in [-0.1, -0.05) is 6.07 Å². The maximum Gasteiger partial charge on any atom is 0.126 e. The summed E-state index contributed by atoms with van der Waals surface area (Å²) in [5, 5.41) is 0. The molecule has 19 heavy (non-hydrogen) atoms. The fraction of sp³-hybridized carbons (Fsp3) is 0.600. The minimum Gasteiger partial charge on any atom is -0.497 e. The molecule has 1 rings (SSSR count). The molecule has 1 aromatic carbocycles. The Balaban J connectivity index is 2.60. The monoisotopic (exact) mass is 267 g/mol. The molecule has 108 valence electrons. The van der Waals surface area contributed by atoms with Crippen LogP contribution in [-0.4, -0.2) is 33.5 Å². The van der Waals surface area contributed by atoms with E-state index >= 15 is 0 Å². The van der Waals surface area contributed by atoms with E-state index in [1.165, 1.54) is 0 Å². The van der Waals surface area contributed by atoms with Gasteiger partial charge in [-0.05, 0) is 37.8 Å². The largest absolute Gasteiger partial charge is 0.497 e. The standard InChI is InChI=1S/C15H25NO3/c1-12(16)10-13-6-7-14(18-3)11-15(13)19-9-5-4-8-17-2/h6-7,11-12H,4-5,8-10,16H2,1-3H3. The molecule has 0 fully saturated rings. The smallest absolute Gasteiger partial charge is 0.126 e. The Kier molecular flexibility index (Phi) is 7.30. The molecule has 4 nitrogen and oxygen atoms in total. The summed E-state index contributed by atoms with van der Waals surface area (Å²) in [4.78, 5) is 0. The highest BCUT2D eigenvalue weighted by atomic mass is 16.5. The molecular weight excluding hydrogens is 242 g/mol. The molecule has 0 aliphatic rings. The van der Waals surface area contributed by atoms with Crippen molar-refractivity contribution in [3.8, 4) is 11.5 Å². The minimum absolute atomic E-state index is 0.115. The summed E-state index contributed by atoms with van der Waals surface area (Å²) in [7, 11) is 3.37. The lowest BCUT2D eigenvalue weighted by Gasteiger charge is -2.14. The average Bonchev–Trinajstić information content (AvgIpc) is 2.39. The molecule has 0 bridgehead atoms. The van der Waals surface area contributed by atoms with Crippen LogP contribution in [0.5, 0.6) is 11.5 Å². The maximum atomic E-state index is 5.85. The second-order valence-electron chi connectivity index (χ2n) is 4.70. The van der Waals surface area contributed by atoms with Crippen molar-refractivity contribution in [3.63, 3.8) is 0 Å². The molecule has 1 atom stereocenters.